The summed E-state index contributed by atoms with van der Waals surface area (Å²) < 4.78 is 5.58. The molecule has 5 nitrogen and oxygen atoms in total. The molecular formula is C18H17ClN2O3. The summed E-state index contributed by atoms with van der Waals surface area (Å²) in [6.45, 7) is 0.488. The summed E-state index contributed by atoms with van der Waals surface area (Å²) >= 11 is 6.04. The minimum Gasteiger partial charge on any atom is -0.493 e. The highest BCUT2D eigenvalue weighted by Crippen LogP contribution is 2.36. The van der Waals surface area contributed by atoms with E-state index in [9.17, 15) is 9.59 Å². The number of amides is 2. The Morgan fingerprint density at radius 3 is 2.62 bits per heavy atom. The Kier molecular flexibility index (Phi) is 4.71. The van der Waals surface area contributed by atoms with Gasteiger partial charge in [0.25, 0.3) is 5.91 Å². The Morgan fingerprint density at radius 1 is 1.17 bits per heavy atom. The molecule has 1 atom stereocenters. The molecule has 24 heavy (non-hydrogen) atoms. The highest BCUT2D eigenvalue weighted by atomic mass is 35.5. The van der Waals surface area contributed by atoms with E-state index in [4.69, 9.17) is 16.3 Å². The third-order valence-electron chi connectivity index (χ3n) is 3.97. The zero-order valence-corrected chi connectivity index (χ0v) is 13.9. The molecular weight excluding hydrogens is 328 g/mol. The molecule has 1 aliphatic rings. The van der Waals surface area contributed by atoms with Crippen LogP contribution in [0.3, 0.4) is 0 Å². The second-order valence-electron chi connectivity index (χ2n) is 5.52. The number of carbonyl (C=O) groups excluding carboxylic acids is 2. The van der Waals surface area contributed by atoms with Gasteiger partial charge in [-0.05, 0) is 48.9 Å². The molecule has 0 saturated carbocycles. The van der Waals surface area contributed by atoms with Crippen LogP contribution in [0.25, 0.3) is 0 Å². The zero-order chi connectivity index (χ0) is 17.1. The molecule has 1 aliphatic heterocycles. The number of rotatable bonds is 3. The average Bonchev–Trinajstić information content (AvgIpc) is 2.61. The van der Waals surface area contributed by atoms with Crippen molar-refractivity contribution in [2.75, 3.05) is 19.0 Å². The second kappa shape index (κ2) is 6.93. The summed E-state index contributed by atoms with van der Waals surface area (Å²) in [4.78, 5) is 24.2. The van der Waals surface area contributed by atoms with Crippen LogP contribution in [-0.4, -0.2) is 25.5 Å². The number of nitrogens with one attached hydrogen (secondary N) is 2. The van der Waals surface area contributed by atoms with Gasteiger partial charge in [0.15, 0.2) is 0 Å². The lowest BCUT2D eigenvalue weighted by molar-refractivity contribution is -0.118. The first kappa shape index (κ1) is 16.3. The van der Waals surface area contributed by atoms with E-state index in [2.05, 4.69) is 10.6 Å². The molecule has 0 radical (unpaired) electrons. The molecule has 0 aliphatic carbocycles. The Hall–Kier alpha value is -2.53. The quantitative estimate of drug-likeness (QED) is 0.898. The van der Waals surface area contributed by atoms with Crippen LogP contribution in [0.4, 0.5) is 5.69 Å². The van der Waals surface area contributed by atoms with Crippen LogP contribution in [0.5, 0.6) is 5.75 Å². The van der Waals surface area contributed by atoms with Gasteiger partial charge >= 0.3 is 0 Å². The van der Waals surface area contributed by atoms with Crippen molar-refractivity contribution in [1.29, 1.82) is 0 Å². The van der Waals surface area contributed by atoms with Crippen LogP contribution in [0.1, 0.15) is 28.3 Å². The first-order chi connectivity index (χ1) is 11.6. The van der Waals surface area contributed by atoms with Crippen molar-refractivity contribution >= 4 is 29.1 Å². The molecule has 0 spiro atoms. The van der Waals surface area contributed by atoms with E-state index in [1.807, 2.05) is 0 Å². The molecule has 1 unspecified atom stereocenters. The topological polar surface area (TPSA) is 67.4 Å². The first-order valence-electron chi connectivity index (χ1n) is 7.64. The average molecular weight is 345 g/mol. The molecule has 3 rings (SSSR count). The lowest BCUT2D eigenvalue weighted by atomic mass is 9.92. The van der Waals surface area contributed by atoms with Gasteiger partial charge in [-0.15, -0.1) is 0 Å². The number of anilines is 1. The van der Waals surface area contributed by atoms with Gasteiger partial charge in [0, 0.05) is 28.9 Å². The summed E-state index contributed by atoms with van der Waals surface area (Å²) in [5.74, 6) is 0.0993. The summed E-state index contributed by atoms with van der Waals surface area (Å²) in [5.41, 5.74) is 1.98. The van der Waals surface area contributed by atoms with E-state index in [0.717, 1.165) is 5.56 Å². The van der Waals surface area contributed by atoms with Crippen molar-refractivity contribution in [3.63, 3.8) is 0 Å². The van der Waals surface area contributed by atoms with Crippen molar-refractivity contribution in [1.82, 2.24) is 5.32 Å². The molecule has 2 aromatic carbocycles. The fourth-order valence-corrected chi connectivity index (χ4v) is 2.90. The van der Waals surface area contributed by atoms with Crippen molar-refractivity contribution < 1.29 is 14.3 Å². The van der Waals surface area contributed by atoms with E-state index < -0.39 is 0 Å². The Labute approximate surface area is 145 Å². The fraction of sp³-hybridized carbons (Fsp3) is 0.222. The Bertz CT molecular complexity index is 774. The van der Waals surface area contributed by atoms with E-state index in [1.165, 1.54) is 0 Å². The Balaban J connectivity index is 1.76. The van der Waals surface area contributed by atoms with Crippen LogP contribution in [0, 0.1) is 0 Å². The second-order valence-corrected chi connectivity index (χ2v) is 5.95. The smallest absolute Gasteiger partial charge is 0.251 e. The van der Waals surface area contributed by atoms with Gasteiger partial charge in [0.1, 0.15) is 5.75 Å². The molecule has 6 heteroatoms. The van der Waals surface area contributed by atoms with Crippen molar-refractivity contribution in [3.05, 3.63) is 58.6 Å². The zero-order valence-electron chi connectivity index (χ0n) is 13.1. The van der Waals surface area contributed by atoms with Gasteiger partial charge < -0.3 is 15.4 Å². The first-order valence-corrected chi connectivity index (χ1v) is 8.01. The number of hydrogen-bond acceptors (Lipinski definition) is 3. The molecule has 1 heterocycles. The monoisotopic (exact) mass is 344 g/mol. The van der Waals surface area contributed by atoms with Crippen molar-refractivity contribution in [2.45, 2.75) is 12.3 Å². The largest absolute Gasteiger partial charge is 0.493 e. The molecule has 0 aromatic heterocycles. The third kappa shape index (κ3) is 3.36. The molecule has 2 N–H and O–H groups in total. The number of halogens is 1. The van der Waals surface area contributed by atoms with E-state index in [0.29, 0.717) is 35.1 Å². The number of benzene rings is 2. The standard InChI is InChI=1S/C18H17ClN2O3/c1-20-17(22)11-2-5-13(6-3-11)21-18(23)14-8-9-24-16-7-4-12(19)10-15(14)16/h2-7,10,14H,8-9H2,1H3,(H,20,22)(H,21,23). The maximum atomic E-state index is 12.6. The van der Waals surface area contributed by atoms with Gasteiger partial charge in [-0.3, -0.25) is 9.59 Å². The van der Waals surface area contributed by atoms with Crippen molar-refractivity contribution in [2.24, 2.45) is 0 Å². The van der Waals surface area contributed by atoms with Gasteiger partial charge in [-0.1, -0.05) is 11.6 Å². The molecule has 2 amide bonds. The van der Waals surface area contributed by atoms with Gasteiger partial charge in [0.05, 0.1) is 12.5 Å². The van der Waals surface area contributed by atoms with Crippen LogP contribution < -0.4 is 15.4 Å². The fourth-order valence-electron chi connectivity index (χ4n) is 2.72. The van der Waals surface area contributed by atoms with Crippen LogP contribution >= 0.6 is 11.6 Å². The molecule has 2 aromatic rings. The van der Waals surface area contributed by atoms with Crippen LogP contribution in [-0.2, 0) is 4.79 Å². The molecule has 0 fully saturated rings. The van der Waals surface area contributed by atoms with Crippen molar-refractivity contribution in [3.8, 4) is 5.75 Å². The predicted octanol–water partition coefficient (Wildman–Crippen LogP) is 3.20. The Morgan fingerprint density at radius 2 is 1.92 bits per heavy atom. The normalized spacial score (nSPS) is 15.8. The number of hydrogen-bond donors (Lipinski definition) is 2. The third-order valence-corrected chi connectivity index (χ3v) is 4.20. The summed E-state index contributed by atoms with van der Waals surface area (Å²) in [6.07, 6.45) is 0.593. The van der Waals surface area contributed by atoms with E-state index in [1.54, 1.807) is 49.5 Å². The number of carbonyl (C=O) groups is 2. The summed E-state index contributed by atoms with van der Waals surface area (Å²) in [6, 6.07) is 12.1. The predicted molar refractivity (Wildman–Crippen MR) is 92.8 cm³/mol. The van der Waals surface area contributed by atoms with E-state index in [-0.39, 0.29) is 17.7 Å². The minimum absolute atomic E-state index is 0.116. The molecule has 0 saturated heterocycles. The number of fused-ring (bicyclic) bond motifs is 1. The molecule has 124 valence electrons. The number of ether oxygens (including phenoxy) is 1. The van der Waals surface area contributed by atoms with E-state index >= 15 is 0 Å². The van der Waals surface area contributed by atoms with Crippen LogP contribution in [0.2, 0.25) is 5.02 Å². The highest BCUT2D eigenvalue weighted by Gasteiger charge is 2.28. The maximum absolute atomic E-state index is 12.6. The van der Waals surface area contributed by atoms with Gasteiger partial charge in [-0.25, -0.2) is 0 Å². The van der Waals surface area contributed by atoms with Gasteiger partial charge in [0.2, 0.25) is 5.91 Å². The lowest BCUT2D eigenvalue weighted by Gasteiger charge is -2.25. The van der Waals surface area contributed by atoms with Crippen LogP contribution in [0.15, 0.2) is 42.5 Å². The molecule has 0 bridgehead atoms. The maximum Gasteiger partial charge on any atom is 0.251 e. The lowest BCUT2D eigenvalue weighted by Crippen LogP contribution is -2.26. The summed E-state index contributed by atoms with van der Waals surface area (Å²) in [7, 11) is 1.58. The highest BCUT2D eigenvalue weighted by molar-refractivity contribution is 6.30. The summed E-state index contributed by atoms with van der Waals surface area (Å²) in [5, 5.41) is 6.02. The SMILES string of the molecule is CNC(=O)c1ccc(NC(=O)C2CCOc3ccc(Cl)cc32)cc1. The van der Waals surface area contributed by atoms with Gasteiger partial charge in [-0.2, -0.15) is 0 Å². The minimum atomic E-state index is -0.314.